The van der Waals surface area contributed by atoms with Gasteiger partial charge in [0.15, 0.2) is 17.2 Å². The molecular weight excluding hydrogens is 351 g/mol. The number of fused-ring (bicyclic) bond motifs is 1. The highest BCUT2D eigenvalue weighted by Gasteiger charge is 2.40. The van der Waals surface area contributed by atoms with Gasteiger partial charge in [-0.05, 0) is 31.4 Å². The maximum absolute atomic E-state index is 13.1. The molecule has 1 aromatic heterocycles. The number of amides is 1. The Morgan fingerprint density at radius 2 is 1.96 bits per heavy atom. The van der Waals surface area contributed by atoms with Gasteiger partial charge < -0.3 is 14.8 Å². The molecule has 3 rings (SSSR count). The highest BCUT2D eigenvalue weighted by Crippen LogP contribution is 2.36. The van der Waals surface area contributed by atoms with Crippen molar-refractivity contribution in [3.8, 4) is 11.5 Å². The summed E-state index contributed by atoms with van der Waals surface area (Å²) in [7, 11) is 2.96. The van der Waals surface area contributed by atoms with Crippen LogP contribution in [0.2, 0.25) is 0 Å². The Morgan fingerprint density at radius 3 is 2.62 bits per heavy atom. The van der Waals surface area contributed by atoms with E-state index in [1.807, 2.05) is 0 Å². The Hall–Kier alpha value is -2.71. The van der Waals surface area contributed by atoms with Crippen LogP contribution in [0, 0.1) is 0 Å². The van der Waals surface area contributed by atoms with E-state index in [9.17, 15) is 18.0 Å². The van der Waals surface area contributed by atoms with Crippen molar-refractivity contribution < 1.29 is 27.4 Å². The SMILES string of the molecule is COc1ccc(NC(=O)Cn2nc(C(F)(F)F)c3c2CCC3)cc1OC. The van der Waals surface area contributed by atoms with Crippen molar-refractivity contribution in [2.75, 3.05) is 19.5 Å². The second-order valence-corrected chi connectivity index (χ2v) is 5.90. The first-order valence-corrected chi connectivity index (χ1v) is 8.01. The molecule has 0 saturated carbocycles. The molecule has 1 heterocycles. The van der Waals surface area contributed by atoms with E-state index in [-0.39, 0.29) is 12.1 Å². The third-order valence-electron chi connectivity index (χ3n) is 4.24. The molecule has 0 fully saturated rings. The number of carbonyl (C=O) groups is 1. The number of nitrogens with one attached hydrogen (secondary N) is 1. The number of methoxy groups -OCH3 is 2. The Kier molecular flexibility index (Phi) is 4.80. The number of hydrogen-bond acceptors (Lipinski definition) is 4. The third kappa shape index (κ3) is 3.47. The van der Waals surface area contributed by atoms with Crippen molar-refractivity contribution in [2.24, 2.45) is 0 Å². The molecule has 0 atom stereocenters. The highest BCUT2D eigenvalue weighted by molar-refractivity contribution is 5.91. The van der Waals surface area contributed by atoms with E-state index in [1.54, 1.807) is 18.2 Å². The molecule has 9 heteroatoms. The number of benzene rings is 1. The molecule has 2 aromatic rings. The molecule has 0 radical (unpaired) electrons. The van der Waals surface area contributed by atoms with E-state index in [0.29, 0.717) is 42.1 Å². The largest absolute Gasteiger partial charge is 0.493 e. The lowest BCUT2D eigenvalue weighted by Gasteiger charge is -2.11. The Labute approximate surface area is 147 Å². The molecule has 0 spiro atoms. The summed E-state index contributed by atoms with van der Waals surface area (Å²) in [6, 6.07) is 4.82. The first kappa shape index (κ1) is 18.1. The average molecular weight is 369 g/mol. The molecule has 0 saturated heterocycles. The van der Waals surface area contributed by atoms with Gasteiger partial charge in [0.2, 0.25) is 5.91 Å². The van der Waals surface area contributed by atoms with Crippen molar-refractivity contribution in [3.63, 3.8) is 0 Å². The van der Waals surface area contributed by atoms with E-state index in [0.717, 1.165) is 4.68 Å². The van der Waals surface area contributed by atoms with E-state index in [4.69, 9.17) is 9.47 Å². The molecule has 1 aliphatic carbocycles. The van der Waals surface area contributed by atoms with Crippen molar-refractivity contribution in [1.82, 2.24) is 9.78 Å². The number of aromatic nitrogens is 2. The molecule has 1 N–H and O–H groups in total. The van der Waals surface area contributed by atoms with E-state index in [1.165, 1.54) is 14.2 Å². The maximum Gasteiger partial charge on any atom is 0.435 e. The quantitative estimate of drug-likeness (QED) is 0.880. The van der Waals surface area contributed by atoms with E-state index < -0.39 is 17.8 Å². The lowest BCUT2D eigenvalue weighted by atomic mass is 10.2. The fourth-order valence-electron chi connectivity index (χ4n) is 3.12. The molecular formula is C17H18F3N3O3. The summed E-state index contributed by atoms with van der Waals surface area (Å²) >= 11 is 0. The number of hydrogen-bond donors (Lipinski definition) is 1. The van der Waals surface area contributed by atoms with Crippen molar-refractivity contribution >= 4 is 11.6 Å². The number of halogens is 3. The van der Waals surface area contributed by atoms with Crippen LogP contribution in [0.15, 0.2) is 18.2 Å². The van der Waals surface area contributed by atoms with Crippen LogP contribution in [-0.2, 0) is 30.4 Å². The molecule has 0 aliphatic heterocycles. The Bertz CT molecular complexity index is 831. The molecule has 6 nitrogen and oxygen atoms in total. The standard InChI is InChI=1S/C17H18F3N3O3/c1-25-13-7-6-10(8-14(13)26-2)21-15(24)9-23-12-5-3-4-11(12)16(22-23)17(18,19)20/h6-8H,3-5,9H2,1-2H3,(H,21,24). The van der Waals surface area contributed by atoms with Crippen LogP contribution in [0.25, 0.3) is 0 Å². The minimum absolute atomic E-state index is 0.205. The van der Waals surface area contributed by atoms with Gasteiger partial charge in [0, 0.05) is 23.0 Å². The summed E-state index contributed by atoms with van der Waals surface area (Å²) in [5.74, 6) is 0.470. The summed E-state index contributed by atoms with van der Waals surface area (Å²) in [4.78, 5) is 12.3. The van der Waals surface area contributed by atoms with Gasteiger partial charge in [-0.2, -0.15) is 18.3 Å². The van der Waals surface area contributed by atoms with Crippen LogP contribution < -0.4 is 14.8 Å². The predicted molar refractivity (Wildman–Crippen MR) is 87.4 cm³/mol. The number of nitrogens with zero attached hydrogens (tertiary/aromatic N) is 2. The fourth-order valence-corrected chi connectivity index (χ4v) is 3.12. The molecule has 1 aromatic carbocycles. The smallest absolute Gasteiger partial charge is 0.435 e. The van der Waals surface area contributed by atoms with Gasteiger partial charge in [-0.25, -0.2) is 0 Å². The average Bonchev–Trinajstić information content (AvgIpc) is 3.17. The van der Waals surface area contributed by atoms with Crippen LogP contribution >= 0.6 is 0 Å². The lowest BCUT2D eigenvalue weighted by molar-refractivity contribution is -0.142. The van der Waals surface area contributed by atoms with Crippen LogP contribution in [-0.4, -0.2) is 29.9 Å². The maximum atomic E-state index is 13.1. The van der Waals surface area contributed by atoms with Crippen molar-refractivity contribution in [1.29, 1.82) is 0 Å². The minimum atomic E-state index is -4.51. The van der Waals surface area contributed by atoms with Crippen LogP contribution in [0.1, 0.15) is 23.4 Å². The highest BCUT2D eigenvalue weighted by atomic mass is 19.4. The Morgan fingerprint density at radius 1 is 1.23 bits per heavy atom. The van der Waals surface area contributed by atoms with Crippen molar-refractivity contribution in [3.05, 3.63) is 35.2 Å². The van der Waals surface area contributed by atoms with Crippen molar-refractivity contribution in [2.45, 2.75) is 32.0 Å². The van der Waals surface area contributed by atoms with Crippen LogP contribution in [0.5, 0.6) is 11.5 Å². The number of carbonyl (C=O) groups excluding carboxylic acids is 1. The number of rotatable bonds is 5. The first-order valence-electron chi connectivity index (χ1n) is 8.01. The zero-order chi connectivity index (χ0) is 18.9. The van der Waals surface area contributed by atoms with Gasteiger partial charge in [-0.15, -0.1) is 0 Å². The zero-order valence-corrected chi connectivity index (χ0v) is 14.3. The molecule has 140 valence electrons. The van der Waals surface area contributed by atoms with Gasteiger partial charge in [0.05, 0.1) is 14.2 Å². The number of anilines is 1. The number of alkyl halides is 3. The van der Waals surface area contributed by atoms with Gasteiger partial charge in [0.25, 0.3) is 0 Å². The predicted octanol–water partition coefficient (Wildman–Crippen LogP) is 3.05. The molecule has 0 bridgehead atoms. The summed E-state index contributed by atoms with van der Waals surface area (Å²) in [6.07, 6.45) is -3.06. The Balaban J connectivity index is 1.77. The van der Waals surface area contributed by atoms with Gasteiger partial charge >= 0.3 is 6.18 Å². The third-order valence-corrected chi connectivity index (χ3v) is 4.24. The van der Waals surface area contributed by atoms with Gasteiger partial charge in [0.1, 0.15) is 6.54 Å². The van der Waals surface area contributed by atoms with Crippen LogP contribution in [0.3, 0.4) is 0 Å². The lowest BCUT2D eigenvalue weighted by Crippen LogP contribution is -2.21. The van der Waals surface area contributed by atoms with Gasteiger partial charge in [-0.1, -0.05) is 0 Å². The normalized spacial score (nSPS) is 13.4. The topological polar surface area (TPSA) is 65.4 Å². The molecule has 1 aliphatic rings. The van der Waals surface area contributed by atoms with Crippen LogP contribution in [0.4, 0.5) is 18.9 Å². The fraction of sp³-hybridized carbons (Fsp3) is 0.412. The zero-order valence-electron chi connectivity index (χ0n) is 14.3. The first-order chi connectivity index (χ1) is 12.3. The molecule has 0 unspecified atom stereocenters. The second kappa shape index (κ2) is 6.89. The monoisotopic (exact) mass is 369 g/mol. The van der Waals surface area contributed by atoms with E-state index >= 15 is 0 Å². The summed E-state index contributed by atoms with van der Waals surface area (Å²) in [5.41, 5.74) is 0.257. The molecule has 26 heavy (non-hydrogen) atoms. The minimum Gasteiger partial charge on any atom is -0.493 e. The summed E-state index contributed by atoms with van der Waals surface area (Å²) in [6.45, 7) is -0.285. The molecule has 1 amide bonds. The van der Waals surface area contributed by atoms with Gasteiger partial charge in [-0.3, -0.25) is 9.48 Å². The number of ether oxygens (including phenoxy) is 2. The summed E-state index contributed by atoms with van der Waals surface area (Å²) in [5, 5.41) is 6.27. The second-order valence-electron chi connectivity index (χ2n) is 5.90. The van der Waals surface area contributed by atoms with E-state index in [2.05, 4.69) is 10.4 Å². The summed E-state index contributed by atoms with van der Waals surface area (Å²) < 4.78 is 50.7.